The number of hydrogen-bond donors (Lipinski definition) is 0. The lowest BCUT2D eigenvalue weighted by molar-refractivity contribution is -0.117. The molecule has 2 aliphatic rings. The highest BCUT2D eigenvalue weighted by Gasteiger charge is 2.27. The largest absolute Gasteiger partial charge is 0.370 e. The van der Waals surface area contributed by atoms with Gasteiger partial charge in [0.05, 0.1) is 13.2 Å². The summed E-state index contributed by atoms with van der Waals surface area (Å²) in [7, 11) is 0. The molecule has 5 nitrogen and oxygen atoms in total. The summed E-state index contributed by atoms with van der Waals surface area (Å²) in [6, 6.07) is 14.8. The van der Waals surface area contributed by atoms with Crippen LogP contribution in [-0.2, 0) is 9.53 Å². The number of carbonyl (C=O) groups excluding carboxylic acids is 2. The van der Waals surface area contributed by atoms with Gasteiger partial charge in [0.1, 0.15) is 6.10 Å². The molecule has 1 atom stereocenters. The van der Waals surface area contributed by atoms with E-state index in [0.29, 0.717) is 36.7 Å². The van der Waals surface area contributed by atoms with Crippen molar-refractivity contribution in [3.63, 3.8) is 0 Å². The van der Waals surface area contributed by atoms with E-state index >= 15 is 0 Å². The van der Waals surface area contributed by atoms with E-state index in [9.17, 15) is 9.59 Å². The molecule has 6 heteroatoms. The standard InChI is InChI=1S/C21H21ClN2O3/c22-17-7-3-15(4-8-17)19-14-23(12-13-27-19)21(26)16-5-9-18(10-6-16)24-11-1-2-20(24)25/h3-10,19H,1-2,11-14H2. The Morgan fingerprint density at radius 3 is 2.44 bits per heavy atom. The van der Waals surface area contributed by atoms with Crippen LogP contribution in [0.1, 0.15) is 34.9 Å². The van der Waals surface area contributed by atoms with Crippen molar-refractivity contribution < 1.29 is 14.3 Å². The van der Waals surface area contributed by atoms with Gasteiger partial charge in [0.2, 0.25) is 5.91 Å². The Balaban J connectivity index is 1.45. The third kappa shape index (κ3) is 3.84. The Morgan fingerprint density at radius 1 is 1.04 bits per heavy atom. The molecule has 2 aliphatic heterocycles. The summed E-state index contributed by atoms with van der Waals surface area (Å²) in [6.45, 7) is 2.32. The van der Waals surface area contributed by atoms with Crippen molar-refractivity contribution in [3.8, 4) is 0 Å². The molecule has 0 radical (unpaired) electrons. The predicted octanol–water partition coefficient (Wildman–Crippen LogP) is 3.68. The monoisotopic (exact) mass is 384 g/mol. The highest BCUT2D eigenvalue weighted by molar-refractivity contribution is 6.30. The summed E-state index contributed by atoms with van der Waals surface area (Å²) in [5.41, 5.74) is 2.50. The Kier molecular flexibility index (Phi) is 5.14. The number of rotatable bonds is 3. The van der Waals surface area contributed by atoms with E-state index in [0.717, 1.165) is 24.2 Å². The number of nitrogens with zero attached hydrogens (tertiary/aromatic N) is 2. The molecule has 0 saturated carbocycles. The zero-order chi connectivity index (χ0) is 18.8. The molecule has 2 fully saturated rings. The van der Waals surface area contributed by atoms with Gasteiger partial charge in [-0.3, -0.25) is 9.59 Å². The second-order valence-electron chi connectivity index (χ2n) is 6.86. The molecule has 2 aromatic carbocycles. The quantitative estimate of drug-likeness (QED) is 0.811. The fourth-order valence-corrected chi connectivity index (χ4v) is 3.73. The summed E-state index contributed by atoms with van der Waals surface area (Å²) < 4.78 is 5.84. The number of hydrogen-bond acceptors (Lipinski definition) is 3. The van der Waals surface area contributed by atoms with Gasteiger partial charge in [-0.2, -0.15) is 0 Å². The average Bonchev–Trinajstić information content (AvgIpc) is 3.14. The van der Waals surface area contributed by atoms with Crippen molar-refractivity contribution in [1.82, 2.24) is 4.90 Å². The molecule has 2 heterocycles. The molecule has 2 saturated heterocycles. The number of anilines is 1. The SMILES string of the molecule is O=C(c1ccc(N2CCCC2=O)cc1)N1CCOC(c2ccc(Cl)cc2)C1. The van der Waals surface area contributed by atoms with Gasteiger partial charge in [0.25, 0.3) is 5.91 Å². The zero-order valence-corrected chi connectivity index (χ0v) is 15.7. The van der Waals surface area contributed by atoms with Gasteiger partial charge in [-0.25, -0.2) is 0 Å². The van der Waals surface area contributed by atoms with Crippen molar-refractivity contribution in [2.45, 2.75) is 18.9 Å². The number of morpholine rings is 1. The summed E-state index contributed by atoms with van der Waals surface area (Å²) in [4.78, 5) is 28.4. The van der Waals surface area contributed by atoms with Crippen molar-refractivity contribution in [1.29, 1.82) is 0 Å². The van der Waals surface area contributed by atoms with Gasteiger partial charge in [-0.05, 0) is 48.4 Å². The van der Waals surface area contributed by atoms with Crippen LogP contribution in [0.2, 0.25) is 5.02 Å². The normalized spacial score (nSPS) is 20.2. The van der Waals surface area contributed by atoms with Crippen LogP contribution in [0.15, 0.2) is 48.5 Å². The number of amides is 2. The first-order valence-electron chi connectivity index (χ1n) is 9.18. The Labute approximate surface area is 163 Å². The smallest absolute Gasteiger partial charge is 0.254 e. The van der Waals surface area contributed by atoms with Crippen LogP contribution in [0.3, 0.4) is 0 Å². The van der Waals surface area contributed by atoms with E-state index in [4.69, 9.17) is 16.3 Å². The van der Waals surface area contributed by atoms with Crippen LogP contribution < -0.4 is 4.90 Å². The molecule has 140 valence electrons. The van der Waals surface area contributed by atoms with Gasteiger partial charge in [0.15, 0.2) is 0 Å². The first kappa shape index (κ1) is 18.0. The van der Waals surface area contributed by atoms with Crippen LogP contribution in [0.4, 0.5) is 5.69 Å². The van der Waals surface area contributed by atoms with Crippen molar-refractivity contribution in [2.24, 2.45) is 0 Å². The van der Waals surface area contributed by atoms with E-state index in [2.05, 4.69) is 0 Å². The minimum Gasteiger partial charge on any atom is -0.370 e. The summed E-state index contributed by atoms with van der Waals surface area (Å²) in [5.74, 6) is 0.129. The van der Waals surface area contributed by atoms with Crippen molar-refractivity contribution >= 4 is 29.1 Å². The molecular weight excluding hydrogens is 364 g/mol. The van der Waals surface area contributed by atoms with Crippen molar-refractivity contribution in [2.75, 3.05) is 31.1 Å². The maximum atomic E-state index is 12.9. The Morgan fingerprint density at radius 2 is 1.78 bits per heavy atom. The molecule has 0 bridgehead atoms. The van der Waals surface area contributed by atoms with Gasteiger partial charge in [0, 0.05) is 35.8 Å². The van der Waals surface area contributed by atoms with E-state index in [1.807, 2.05) is 41.3 Å². The molecule has 1 unspecified atom stereocenters. The fourth-order valence-electron chi connectivity index (χ4n) is 3.60. The van der Waals surface area contributed by atoms with Crippen LogP contribution in [0.5, 0.6) is 0 Å². The first-order valence-corrected chi connectivity index (χ1v) is 9.56. The number of carbonyl (C=O) groups is 2. The molecule has 0 spiro atoms. The third-order valence-corrected chi connectivity index (χ3v) is 5.35. The summed E-state index contributed by atoms with van der Waals surface area (Å²) in [6.07, 6.45) is 1.33. The minimum absolute atomic E-state index is 0.0171. The second kappa shape index (κ2) is 7.71. The third-order valence-electron chi connectivity index (χ3n) is 5.09. The lowest BCUT2D eigenvalue weighted by Gasteiger charge is -2.33. The van der Waals surface area contributed by atoms with Gasteiger partial charge in [-0.15, -0.1) is 0 Å². The second-order valence-corrected chi connectivity index (χ2v) is 7.29. The van der Waals surface area contributed by atoms with E-state index in [1.165, 1.54) is 0 Å². The molecule has 27 heavy (non-hydrogen) atoms. The van der Waals surface area contributed by atoms with Crippen LogP contribution in [0, 0.1) is 0 Å². The number of ether oxygens (including phenoxy) is 1. The predicted molar refractivity (Wildman–Crippen MR) is 104 cm³/mol. The maximum Gasteiger partial charge on any atom is 0.254 e. The lowest BCUT2D eigenvalue weighted by atomic mass is 10.1. The van der Waals surface area contributed by atoms with E-state index in [1.54, 1.807) is 17.0 Å². The molecular formula is C21H21ClN2O3. The average molecular weight is 385 g/mol. The van der Waals surface area contributed by atoms with Gasteiger partial charge < -0.3 is 14.5 Å². The first-order chi connectivity index (χ1) is 13.1. The summed E-state index contributed by atoms with van der Waals surface area (Å²) in [5, 5.41) is 0.680. The Bertz CT molecular complexity index is 836. The van der Waals surface area contributed by atoms with Gasteiger partial charge in [-0.1, -0.05) is 23.7 Å². The molecule has 0 aliphatic carbocycles. The highest BCUT2D eigenvalue weighted by Crippen LogP contribution is 2.26. The Hall–Kier alpha value is -2.37. The topological polar surface area (TPSA) is 49.9 Å². The van der Waals surface area contributed by atoms with Crippen LogP contribution >= 0.6 is 11.6 Å². The number of halogens is 1. The maximum absolute atomic E-state index is 12.9. The highest BCUT2D eigenvalue weighted by atomic mass is 35.5. The van der Waals surface area contributed by atoms with E-state index < -0.39 is 0 Å². The van der Waals surface area contributed by atoms with E-state index in [-0.39, 0.29) is 17.9 Å². The van der Waals surface area contributed by atoms with Gasteiger partial charge >= 0.3 is 0 Å². The van der Waals surface area contributed by atoms with Crippen LogP contribution in [0.25, 0.3) is 0 Å². The lowest BCUT2D eigenvalue weighted by Crippen LogP contribution is -2.42. The molecule has 0 N–H and O–H groups in total. The molecule has 0 aromatic heterocycles. The molecule has 2 amide bonds. The number of benzene rings is 2. The summed E-state index contributed by atoms with van der Waals surface area (Å²) >= 11 is 5.95. The minimum atomic E-state index is -0.151. The zero-order valence-electron chi connectivity index (χ0n) is 14.9. The molecule has 2 aromatic rings. The van der Waals surface area contributed by atoms with Crippen LogP contribution in [-0.4, -0.2) is 43.0 Å². The fraction of sp³-hybridized carbons (Fsp3) is 0.333. The van der Waals surface area contributed by atoms with Crippen molar-refractivity contribution in [3.05, 3.63) is 64.7 Å². The molecule has 4 rings (SSSR count).